The van der Waals surface area contributed by atoms with E-state index in [9.17, 15) is 9.18 Å². The van der Waals surface area contributed by atoms with Gasteiger partial charge >= 0.3 is 0 Å². The minimum absolute atomic E-state index is 0.362. The second-order valence-electron chi connectivity index (χ2n) is 3.36. The highest BCUT2D eigenvalue weighted by Crippen LogP contribution is 2.32. The first kappa shape index (κ1) is 12.5. The Balaban J connectivity index is 2.95. The van der Waals surface area contributed by atoms with Gasteiger partial charge in [-0.2, -0.15) is 0 Å². The van der Waals surface area contributed by atoms with Crippen LogP contribution in [0, 0.1) is 5.82 Å². The molecule has 0 atom stereocenters. The molecular formula is C12H15FO3. The summed E-state index contributed by atoms with van der Waals surface area (Å²) in [5.41, 5.74) is 0.723. The quantitative estimate of drug-likeness (QED) is 0.551. The molecule has 3 nitrogen and oxygen atoms in total. The molecule has 1 rings (SSSR count). The van der Waals surface area contributed by atoms with E-state index in [1.165, 1.54) is 26.4 Å². The summed E-state index contributed by atoms with van der Waals surface area (Å²) in [5, 5.41) is 0. The van der Waals surface area contributed by atoms with Gasteiger partial charge in [-0.25, -0.2) is 4.39 Å². The highest BCUT2D eigenvalue weighted by molar-refractivity contribution is 5.50. The molecule has 0 N–H and O–H groups in total. The van der Waals surface area contributed by atoms with Crippen LogP contribution in [0.1, 0.15) is 18.4 Å². The van der Waals surface area contributed by atoms with E-state index in [0.29, 0.717) is 30.8 Å². The molecular weight excluding hydrogens is 211 g/mol. The monoisotopic (exact) mass is 226 g/mol. The minimum atomic E-state index is -0.362. The third kappa shape index (κ3) is 2.95. The first-order chi connectivity index (χ1) is 7.72. The van der Waals surface area contributed by atoms with Gasteiger partial charge in [0, 0.05) is 18.1 Å². The summed E-state index contributed by atoms with van der Waals surface area (Å²) >= 11 is 0. The van der Waals surface area contributed by atoms with Crippen LogP contribution in [-0.4, -0.2) is 20.5 Å². The lowest BCUT2D eigenvalue weighted by Crippen LogP contribution is -1.98. The summed E-state index contributed by atoms with van der Waals surface area (Å²) in [5.74, 6) is 0.553. The molecule has 0 aromatic heterocycles. The number of hydrogen-bond acceptors (Lipinski definition) is 3. The zero-order valence-corrected chi connectivity index (χ0v) is 9.46. The average molecular weight is 226 g/mol. The molecule has 4 heteroatoms. The van der Waals surface area contributed by atoms with Crippen molar-refractivity contribution in [1.82, 2.24) is 0 Å². The number of unbranched alkanes of at least 4 members (excludes halogenated alkanes) is 1. The van der Waals surface area contributed by atoms with E-state index in [0.717, 1.165) is 11.8 Å². The third-order valence-corrected chi connectivity index (χ3v) is 2.29. The Morgan fingerprint density at radius 3 is 2.62 bits per heavy atom. The van der Waals surface area contributed by atoms with E-state index in [1.54, 1.807) is 0 Å². The SMILES string of the molecule is COc1cc(F)cc(CCCC=O)c1OC. The molecule has 1 aromatic rings. The summed E-state index contributed by atoms with van der Waals surface area (Å²) in [7, 11) is 2.98. The largest absolute Gasteiger partial charge is 0.493 e. The Bertz CT molecular complexity index is 364. The highest BCUT2D eigenvalue weighted by atomic mass is 19.1. The number of carbonyl (C=O) groups excluding carboxylic acids is 1. The fourth-order valence-corrected chi connectivity index (χ4v) is 1.57. The summed E-state index contributed by atoms with van der Waals surface area (Å²) in [6.07, 6.45) is 2.58. The van der Waals surface area contributed by atoms with Crippen molar-refractivity contribution in [3.05, 3.63) is 23.5 Å². The van der Waals surface area contributed by atoms with Crippen molar-refractivity contribution in [1.29, 1.82) is 0 Å². The topological polar surface area (TPSA) is 35.5 Å². The lowest BCUT2D eigenvalue weighted by atomic mass is 10.1. The van der Waals surface area contributed by atoms with Gasteiger partial charge in [-0.05, 0) is 18.9 Å². The molecule has 0 aliphatic carbocycles. The predicted molar refractivity (Wildman–Crippen MR) is 58.5 cm³/mol. The maximum Gasteiger partial charge on any atom is 0.164 e. The number of aldehydes is 1. The van der Waals surface area contributed by atoms with E-state index in [4.69, 9.17) is 9.47 Å². The molecule has 1 aromatic carbocycles. The van der Waals surface area contributed by atoms with Gasteiger partial charge in [-0.1, -0.05) is 0 Å². The van der Waals surface area contributed by atoms with E-state index in [2.05, 4.69) is 0 Å². The van der Waals surface area contributed by atoms with Crippen LogP contribution in [0.15, 0.2) is 12.1 Å². The number of halogens is 1. The van der Waals surface area contributed by atoms with Crippen molar-refractivity contribution in [2.24, 2.45) is 0 Å². The number of ether oxygens (including phenoxy) is 2. The molecule has 0 bridgehead atoms. The normalized spacial score (nSPS) is 9.94. The number of benzene rings is 1. The summed E-state index contributed by atoms with van der Waals surface area (Å²) in [6.45, 7) is 0. The van der Waals surface area contributed by atoms with Crippen molar-refractivity contribution in [3.8, 4) is 11.5 Å². The predicted octanol–water partition coefficient (Wildman–Crippen LogP) is 2.36. The van der Waals surface area contributed by atoms with Crippen LogP contribution < -0.4 is 9.47 Å². The van der Waals surface area contributed by atoms with Gasteiger partial charge in [0.2, 0.25) is 0 Å². The second-order valence-corrected chi connectivity index (χ2v) is 3.36. The molecule has 0 saturated heterocycles. The maximum atomic E-state index is 13.2. The highest BCUT2D eigenvalue weighted by Gasteiger charge is 2.11. The van der Waals surface area contributed by atoms with Crippen LogP contribution in [-0.2, 0) is 11.2 Å². The summed E-state index contributed by atoms with van der Waals surface area (Å²) < 4.78 is 23.4. The smallest absolute Gasteiger partial charge is 0.164 e. The van der Waals surface area contributed by atoms with Crippen molar-refractivity contribution in [2.45, 2.75) is 19.3 Å². The number of hydrogen-bond donors (Lipinski definition) is 0. The lowest BCUT2D eigenvalue weighted by Gasteiger charge is -2.12. The van der Waals surface area contributed by atoms with E-state index in [1.807, 2.05) is 0 Å². The Morgan fingerprint density at radius 1 is 1.31 bits per heavy atom. The van der Waals surface area contributed by atoms with Crippen molar-refractivity contribution < 1.29 is 18.7 Å². The van der Waals surface area contributed by atoms with E-state index in [-0.39, 0.29) is 5.82 Å². The molecule has 16 heavy (non-hydrogen) atoms. The van der Waals surface area contributed by atoms with Gasteiger partial charge in [0.1, 0.15) is 12.1 Å². The molecule has 0 aliphatic heterocycles. The van der Waals surface area contributed by atoms with Gasteiger partial charge in [-0.3, -0.25) is 0 Å². The molecule has 0 radical (unpaired) electrons. The van der Waals surface area contributed by atoms with Crippen LogP contribution in [0.3, 0.4) is 0 Å². The standard InChI is InChI=1S/C12H15FO3/c1-15-11-8-10(13)7-9(12(11)16-2)5-3-4-6-14/h6-8H,3-5H2,1-2H3. The molecule has 0 saturated carbocycles. The van der Waals surface area contributed by atoms with Crippen LogP contribution in [0.4, 0.5) is 4.39 Å². The zero-order valence-electron chi connectivity index (χ0n) is 9.46. The Labute approximate surface area is 94.2 Å². The van der Waals surface area contributed by atoms with Crippen LogP contribution in [0.25, 0.3) is 0 Å². The van der Waals surface area contributed by atoms with Crippen LogP contribution >= 0.6 is 0 Å². The third-order valence-electron chi connectivity index (χ3n) is 2.29. The van der Waals surface area contributed by atoms with Gasteiger partial charge in [0.25, 0.3) is 0 Å². The van der Waals surface area contributed by atoms with Gasteiger partial charge < -0.3 is 14.3 Å². The summed E-state index contributed by atoms with van der Waals surface area (Å²) in [4.78, 5) is 10.2. The Morgan fingerprint density at radius 2 is 2.06 bits per heavy atom. The number of aryl methyl sites for hydroxylation is 1. The fourth-order valence-electron chi connectivity index (χ4n) is 1.57. The van der Waals surface area contributed by atoms with Gasteiger partial charge in [-0.15, -0.1) is 0 Å². The fraction of sp³-hybridized carbons (Fsp3) is 0.417. The molecule has 0 unspecified atom stereocenters. The van der Waals surface area contributed by atoms with Gasteiger partial charge in [0.05, 0.1) is 14.2 Å². The van der Waals surface area contributed by atoms with E-state index < -0.39 is 0 Å². The minimum Gasteiger partial charge on any atom is -0.493 e. The summed E-state index contributed by atoms with van der Waals surface area (Å²) in [6, 6.07) is 2.69. The van der Waals surface area contributed by atoms with E-state index >= 15 is 0 Å². The van der Waals surface area contributed by atoms with Crippen molar-refractivity contribution in [3.63, 3.8) is 0 Å². The molecule has 0 spiro atoms. The Hall–Kier alpha value is -1.58. The van der Waals surface area contributed by atoms with Crippen LogP contribution in [0.5, 0.6) is 11.5 Å². The number of methoxy groups -OCH3 is 2. The Kier molecular flexibility index (Phi) is 4.76. The second kappa shape index (κ2) is 6.10. The number of carbonyl (C=O) groups is 1. The molecule has 88 valence electrons. The van der Waals surface area contributed by atoms with Crippen molar-refractivity contribution >= 4 is 6.29 Å². The average Bonchev–Trinajstić information content (AvgIpc) is 2.28. The van der Waals surface area contributed by atoms with Crippen LogP contribution in [0.2, 0.25) is 0 Å². The molecule has 0 amide bonds. The first-order valence-corrected chi connectivity index (χ1v) is 5.07. The molecule has 0 aliphatic rings. The maximum absolute atomic E-state index is 13.2. The van der Waals surface area contributed by atoms with Crippen molar-refractivity contribution in [2.75, 3.05) is 14.2 Å². The molecule has 0 fully saturated rings. The first-order valence-electron chi connectivity index (χ1n) is 5.07. The number of rotatable bonds is 6. The zero-order chi connectivity index (χ0) is 12.0. The molecule has 0 heterocycles. The van der Waals surface area contributed by atoms with Gasteiger partial charge in [0.15, 0.2) is 11.5 Å². The lowest BCUT2D eigenvalue weighted by molar-refractivity contribution is -0.107.